The van der Waals surface area contributed by atoms with Crippen molar-refractivity contribution in [1.82, 2.24) is 4.90 Å². The van der Waals surface area contributed by atoms with E-state index in [0.29, 0.717) is 5.57 Å². The zero-order chi connectivity index (χ0) is 11.7. The molecule has 0 unspecified atom stereocenters. The largest absolute Gasteiger partial charge is 0.365 e. The summed E-state index contributed by atoms with van der Waals surface area (Å²) in [6.45, 7) is 4.89. The monoisotopic (exact) mass is 226 g/mol. The highest BCUT2D eigenvalue weighted by Crippen LogP contribution is 2.23. The number of hydrogen-bond acceptors (Lipinski definition) is 4. The number of rotatable bonds is 2. The first-order valence-corrected chi connectivity index (χ1v) is 4.55. The van der Waals surface area contributed by atoms with E-state index < -0.39 is 17.7 Å². The summed E-state index contributed by atoms with van der Waals surface area (Å²) in [7, 11) is 0. The van der Waals surface area contributed by atoms with Gasteiger partial charge in [0.2, 0.25) is 5.91 Å². The standard InChI is InChI=1S/C9H10N2O3S/c1-4-3-6(12)11(5(2)15)9(14)7(4)8(10)13/h15H,2-3H2,1H3,(H2,10,13). The SMILES string of the molecule is C=C(S)N1C(=O)CC(C)=C(C(N)=O)C1=O. The molecule has 0 saturated carbocycles. The third-order valence-electron chi connectivity index (χ3n) is 2.01. The van der Waals surface area contributed by atoms with Gasteiger partial charge in [-0.1, -0.05) is 6.58 Å². The molecule has 2 N–H and O–H groups in total. The molecule has 0 fully saturated rings. The van der Waals surface area contributed by atoms with E-state index in [1.165, 1.54) is 6.92 Å². The molecule has 1 aliphatic rings. The van der Waals surface area contributed by atoms with Crippen LogP contribution >= 0.6 is 12.6 Å². The van der Waals surface area contributed by atoms with Crippen molar-refractivity contribution in [2.45, 2.75) is 13.3 Å². The summed E-state index contributed by atoms with van der Waals surface area (Å²) < 4.78 is 0. The van der Waals surface area contributed by atoms with Crippen molar-refractivity contribution in [2.75, 3.05) is 0 Å². The number of carbonyl (C=O) groups is 3. The van der Waals surface area contributed by atoms with E-state index in [0.717, 1.165) is 4.90 Å². The molecule has 1 heterocycles. The molecule has 1 rings (SSSR count). The molecule has 15 heavy (non-hydrogen) atoms. The summed E-state index contributed by atoms with van der Waals surface area (Å²) in [5, 5.41) is -0.0174. The summed E-state index contributed by atoms with van der Waals surface area (Å²) >= 11 is 3.81. The number of amides is 3. The van der Waals surface area contributed by atoms with Crippen LogP contribution in [0.25, 0.3) is 0 Å². The zero-order valence-corrected chi connectivity index (χ0v) is 9.01. The van der Waals surface area contributed by atoms with Crippen LogP contribution in [0, 0.1) is 0 Å². The van der Waals surface area contributed by atoms with E-state index in [9.17, 15) is 14.4 Å². The van der Waals surface area contributed by atoms with Gasteiger partial charge in [0, 0.05) is 6.42 Å². The Morgan fingerprint density at radius 3 is 2.47 bits per heavy atom. The van der Waals surface area contributed by atoms with Gasteiger partial charge in [0.1, 0.15) is 5.57 Å². The average Bonchev–Trinajstić information content (AvgIpc) is 1.99. The average molecular weight is 226 g/mol. The normalized spacial score (nSPS) is 17.1. The van der Waals surface area contributed by atoms with E-state index in [2.05, 4.69) is 19.2 Å². The highest BCUT2D eigenvalue weighted by molar-refractivity contribution is 7.84. The zero-order valence-electron chi connectivity index (χ0n) is 8.11. The van der Waals surface area contributed by atoms with Gasteiger partial charge in [0.25, 0.3) is 11.8 Å². The molecule has 1 aliphatic heterocycles. The lowest BCUT2D eigenvalue weighted by atomic mass is 10.00. The van der Waals surface area contributed by atoms with Crippen molar-refractivity contribution in [2.24, 2.45) is 5.73 Å². The fourth-order valence-corrected chi connectivity index (χ4v) is 1.58. The van der Waals surface area contributed by atoms with Gasteiger partial charge in [0.15, 0.2) is 0 Å². The van der Waals surface area contributed by atoms with Gasteiger partial charge in [-0.05, 0) is 12.5 Å². The van der Waals surface area contributed by atoms with Crippen molar-refractivity contribution in [3.63, 3.8) is 0 Å². The second kappa shape index (κ2) is 3.90. The van der Waals surface area contributed by atoms with E-state index >= 15 is 0 Å². The highest BCUT2D eigenvalue weighted by atomic mass is 32.1. The van der Waals surface area contributed by atoms with Crippen LogP contribution in [0.15, 0.2) is 22.8 Å². The molecule has 0 atom stereocenters. The van der Waals surface area contributed by atoms with Crippen molar-refractivity contribution >= 4 is 30.4 Å². The van der Waals surface area contributed by atoms with Crippen LogP contribution in [0.4, 0.5) is 0 Å². The van der Waals surface area contributed by atoms with E-state index in [1.807, 2.05) is 0 Å². The summed E-state index contributed by atoms with van der Waals surface area (Å²) in [5.41, 5.74) is 5.26. The van der Waals surface area contributed by atoms with E-state index in [4.69, 9.17) is 5.73 Å². The third-order valence-corrected chi connectivity index (χ3v) is 2.21. The molecular weight excluding hydrogens is 216 g/mol. The fourth-order valence-electron chi connectivity index (χ4n) is 1.38. The number of carbonyl (C=O) groups excluding carboxylic acids is 3. The molecule has 0 aromatic carbocycles. The van der Waals surface area contributed by atoms with Crippen molar-refractivity contribution in [3.05, 3.63) is 22.8 Å². The van der Waals surface area contributed by atoms with Crippen LogP contribution in [0.5, 0.6) is 0 Å². The van der Waals surface area contributed by atoms with Gasteiger partial charge >= 0.3 is 0 Å². The number of nitrogens with two attached hydrogens (primary N) is 1. The summed E-state index contributed by atoms with van der Waals surface area (Å²) in [6, 6.07) is 0. The van der Waals surface area contributed by atoms with Crippen LogP contribution < -0.4 is 5.73 Å². The third kappa shape index (κ3) is 1.94. The highest BCUT2D eigenvalue weighted by Gasteiger charge is 2.34. The summed E-state index contributed by atoms with van der Waals surface area (Å²) in [5.74, 6) is -2.05. The first-order valence-electron chi connectivity index (χ1n) is 4.11. The van der Waals surface area contributed by atoms with Gasteiger partial charge in [0.05, 0.1) is 5.03 Å². The number of nitrogens with zero attached hydrogens (tertiary/aromatic N) is 1. The molecule has 0 saturated heterocycles. The maximum absolute atomic E-state index is 11.7. The van der Waals surface area contributed by atoms with Gasteiger partial charge in [-0.2, -0.15) is 0 Å². The van der Waals surface area contributed by atoms with Crippen LogP contribution in [-0.4, -0.2) is 22.6 Å². The van der Waals surface area contributed by atoms with Crippen LogP contribution in [0.3, 0.4) is 0 Å². The van der Waals surface area contributed by atoms with Crippen LogP contribution in [-0.2, 0) is 14.4 Å². The molecule has 5 nitrogen and oxygen atoms in total. The molecule has 6 heteroatoms. The molecule has 3 amide bonds. The summed E-state index contributed by atoms with van der Waals surface area (Å²) in [4.78, 5) is 34.8. The number of thiol groups is 1. The Balaban J connectivity index is 3.25. The molecule has 0 radical (unpaired) electrons. The first-order chi connectivity index (χ1) is 6.86. The Labute approximate surface area is 92.0 Å². The maximum atomic E-state index is 11.7. The predicted octanol–water partition coefficient (Wildman–Crippen LogP) is -0.0519. The minimum Gasteiger partial charge on any atom is -0.365 e. The molecule has 80 valence electrons. The number of primary amides is 1. The molecule has 0 aromatic heterocycles. The second-order valence-electron chi connectivity index (χ2n) is 3.15. The van der Waals surface area contributed by atoms with Gasteiger partial charge in [-0.3, -0.25) is 14.4 Å². The number of imide groups is 1. The Hall–Kier alpha value is -1.56. The lowest BCUT2D eigenvalue weighted by Gasteiger charge is -2.25. The van der Waals surface area contributed by atoms with E-state index in [-0.39, 0.29) is 17.0 Å². The van der Waals surface area contributed by atoms with E-state index in [1.54, 1.807) is 0 Å². The fraction of sp³-hybridized carbons (Fsp3) is 0.222. The minimum absolute atomic E-state index is 0.0174. The predicted molar refractivity (Wildman–Crippen MR) is 56.5 cm³/mol. The molecule has 0 aromatic rings. The van der Waals surface area contributed by atoms with Gasteiger partial charge in [-0.25, -0.2) is 4.90 Å². The quantitative estimate of drug-likeness (QED) is 0.393. The van der Waals surface area contributed by atoms with Crippen molar-refractivity contribution < 1.29 is 14.4 Å². The Bertz CT molecular complexity index is 412. The molecule has 0 spiro atoms. The summed E-state index contributed by atoms with van der Waals surface area (Å²) in [6.07, 6.45) is -0.0242. The lowest BCUT2D eigenvalue weighted by molar-refractivity contribution is -0.140. The van der Waals surface area contributed by atoms with Crippen molar-refractivity contribution in [3.8, 4) is 0 Å². The van der Waals surface area contributed by atoms with Gasteiger partial charge < -0.3 is 5.73 Å². The Kier molecular flexibility index (Phi) is 2.99. The molecule has 0 aliphatic carbocycles. The first kappa shape index (κ1) is 11.5. The maximum Gasteiger partial charge on any atom is 0.270 e. The van der Waals surface area contributed by atoms with Crippen LogP contribution in [0.2, 0.25) is 0 Å². The smallest absolute Gasteiger partial charge is 0.270 e. The Morgan fingerprint density at radius 2 is 2.07 bits per heavy atom. The lowest BCUT2D eigenvalue weighted by Crippen LogP contribution is -2.42. The second-order valence-corrected chi connectivity index (χ2v) is 3.66. The van der Waals surface area contributed by atoms with Crippen molar-refractivity contribution in [1.29, 1.82) is 0 Å². The molecule has 0 bridgehead atoms. The van der Waals surface area contributed by atoms with Gasteiger partial charge in [-0.15, -0.1) is 12.6 Å². The minimum atomic E-state index is -0.843. The topological polar surface area (TPSA) is 80.5 Å². The molecular formula is C9H10N2O3S. The van der Waals surface area contributed by atoms with Crippen LogP contribution in [0.1, 0.15) is 13.3 Å². The number of hydrogen-bond donors (Lipinski definition) is 2. The Morgan fingerprint density at radius 1 is 1.53 bits per heavy atom.